The Hall–Kier alpha value is -1.55. The summed E-state index contributed by atoms with van der Waals surface area (Å²) in [5.74, 6) is 0.119. The van der Waals surface area contributed by atoms with E-state index >= 15 is 0 Å². The van der Waals surface area contributed by atoms with E-state index in [2.05, 4.69) is 39.6 Å². The zero-order valence-electron chi connectivity index (χ0n) is 17.5. The van der Waals surface area contributed by atoms with Crippen molar-refractivity contribution in [1.82, 2.24) is 4.90 Å². The molecule has 1 heterocycles. The summed E-state index contributed by atoms with van der Waals surface area (Å²) in [7, 11) is 2.18. The van der Waals surface area contributed by atoms with Crippen LogP contribution in [-0.2, 0) is 0 Å². The van der Waals surface area contributed by atoms with Crippen LogP contribution in [0.2, 0.25) is 0 Å². The first-order valence-electron chi connectivity index (χ1n) is 10.4. The Labute approximate surface area is 163 Å². The average molecular weight is 374 g/mol. The zero-order valence-corrected chi connectivity index (χ0v) is 17.5. The smallest absolute Gasteiger partial charge is 0.336 e. The Morgan fingerprint density at radius 2 is 1.67 bits per heavy atom. The molecule has 27 heavy (non-hydrogen) atoms. The summed E-state index contributed by atoms with van der Waals surface area (Å²) in [6, 6.07) is 5.55. The lowest BCUT2D eigenvalue weighted by Gasteiger charge is -2.54. The van der Waals surface area contributed by atoms with E-state index in [1.54, 1.807) is 6.07 Å². The van der Waals surface area contributed by atoms with E-state index in [-0.39, 0.29) is 23.1 Å². The van der Waals surface area contributed by atoms with Crippen LogP contribution in [0.4, 0.5) is 0 Å². The van der Waals surface area contributed by atoms with Gasteiger partial charge in [-0.1, -0.05) is 12.5 Å². The third kappa shape index (κ3) is 4.16. The summed E-state index contributed by atoms with van der Waals surface area (Å²) in [6.07, 6.45) is 7.89. The standard InChI is InChI=1S/C23H35NO3/c1-22(2)14-16(15-23(3,4)24(22)5)20-18(21(25)26)12-9-13-19(20)27-17-10-7-6-8-11-17/h9,12-13,16-17H,6-8,10-11,14-15H2,1-5H3,(H,25,26). The first-order chi connectivity index (χ1) is 12.6. The molecule has 2 aliphatic rings. The maximum absolute atomic E-state index is 12.0. The van der Waals surface area contributed by atoms with Gasteiger partial charge < -0.3 is 9.84 Å². The Kier molecular flexibility index (Phi) is 5.58. The SMILES string of the molecule is CN1C(C)(C)CC(c2c(OC3CCCCC3)cccc2C(=O)O)CC1(C)C. The molecule has 3 rings (SSSR count). The fraction of sp³-hybridized carbons (Fsp3) is 0.696. The van der Waals surface area contributed by atoms with Gasteiger partial charge in [-0.2, -0.15) is 0 Å². The van der Waals surface area contributed by atoms with Crippen LogP contribution in [0.1, 0.15) is 94.5 Å². The zero-order chi connectivity index (χ0) is 19.8. The molecule has 150 valence electrons. The number of benzene rings is 1. The van der Waals surface area contributed by atoms with E-state index in [4.69, 9.17) is 4.74 Å². The Morgan fingerprint density at radius 1 is 1.07 bits per heavy atom. The number of carboxylic acids is 1. The predicted molar refractivity (Wildman–Crippen MR) is 109 cm³/mol. The Balaban J connectivity index is 2.00. The first kappa shape index (κ1) is 20.2. The molecule has 1 aromatic carbocycles. The number of likely N-dealkylation sites (tertiary alicyclic amines) is 1. The molecule has 1 saturated carbocycles. The second-order valence-corrected chi connectivity index (χ2v) is 9.69. The minimum Gasteiger partial charge on any atom is -0.490 e. The van der Waals surface area contributed by atoms with Crippen molar-refractivity contribution < 1.29 is 14.6 Å². The third-order valence-corrected chi connectivity index (χ3v) is 6.86. The summed E-state index contributed by atoms with van der Waals surface area (Å²) in [6.45, 7) is 9.02. The lowest BCUT2D eigenvalue weighted by atomic mass is 9.70. The van der Waals surface area contributed by atoms with Crippen molar-refractivity contribution in [3.63, 3.8) is 0 Å². The van der Waals surface area contributed by atoms with E-state index in [1.807, 2.05) is 12.1 Å². The highest BCUT2D eigenvalue weighted by molar-refractivity contribution is 5.90. The summed E-state index contributed by atoms with van der Waals surface area (Å²) in [5.41, 5.74) is 1.31. The van der Waals surface area contributed by atoms with Gasteiger partial charge in [-0.15, -0.1) is 0 Å². The number of hydrogen-bond acceptors (Lipinski definition) is 3. The number of hydrogen-bond donors (Lipinski definition) is 1. The third-order valence-electron chi connectivity index (χ3n) is 6.86. The van der Waals surface area contributed by atoms with Gasteiger partial charge in [-0.25, -0.2) is 4.79 Å². The van der Waals surface area contributed by atoms with Gasteiger partial charge >= 0.3 is 5.97 Å². The van der Waals surface area contributed by atoms with Crippen LogP contribution >= 0.6 is 0 Å². The molecule has 0 spiro atoms. The van der Waals surface area contributed by atoms with Crippen LogP contribution in [0.15, 0.2) is 18.2 Å². The molecule has 0 aromatic heterocycles. The van der Waals surface area contributed by atoms with Crippen LogP contribution in [0.5, 0.6) is 5.75 Å². The minimum atomic E-state index is -0.853. The van der Waals surface area contributed by atoms with E-state index in [1.165, 1.54) is 19.3 Å². The van der Waals surface area contributed by atoms with Crippen LogP contribution in [0.25, 0.3) is 0 Å². The lowest BCUT2D eigenvalue weighted by molar-refractivity contribution is -0.0136. The van der Waals surface area contributed by atoms with Gasteiger partial charge in [0.15, 0.2) is 0 Å². The van der Waals surface area contributed by atoms with Gasteiger partial charge in [-0.3, -0.25) is 4.90 Å². The van der Waals surface area contributed by atoms with Gasteiger partial charge in [0.2, 0.25) is 0 Å². The van der Waals surface area contributed by atoms with E-state index in [0.717, 1.165) is 37.0 Å². The maximum Gasteiger partial charge on any atom is 0.336 e. The molecule has 1 aliphatic heterocycles. The fourth-order valence-electron chi connectivity index (χ4n) is 5.19. The summed E-state index contributed by atoms with van der Waals surface area (Å²) >= 11 is 0. The Bertz CT molecular complexity index is 671. The molecule has 4 nitrogen and oxygen atoms in total. The van der Waals surface area contributed by atoms with Gasteiger partial charge in [-0.05, 0) is 91.3 Å². The van der Waals surface area contributed by atoms with Crippen molar-refractivity contribution in [3.8, 4) is 5.75 Å². The highest BCUT2D eigenvalue weighted by Gasteiger charge is 2.45. The van der Waals surface area contributed by atoms with Crippen LogP contribution in [0.3, 0.4) is 0 Å². The highest BCUT2D eigenvalue weighted by atomic mass is 16.5. The van der Waals surface area contributed by atoms with Crippen LogP contribution in [-0.4, -0.2) is 40.2 Å². The summed E-state index contributed by atoms with van der Waals surface area (Å²) in [4.78, 5) is 14.5. The van der Waals surface area contributed by atoms with Gasteiger partial charge in [0.1, 0.15) is 5.75 Å². The molecule has 2 fully saturated rings. The van der Waals surface area contributed by atoms with Crippen molar-refractivity contribution in [2.45, 2.75) is 95.7 Å². The largest absolute Gasteiger partial charge is 0.490 e. The number of carbonyl (C=O) groups is 1. The summed E-state index contributed by atoms with van der Waals surface area (Å²) in [5, 5.41) is 9.87. The highest BCUT2D eigenvalue weighted by Crippen LogP contribution is 2.48. The number of piperidine rings is 1. The van der Waals surface area contributed by atoms with Crippen molar-refractivity contribution in [1.29, 1.82) is 0 Å². The van der Waals surface area contributed by atoms with E-state index in [0.29, 0.717) is 5.56 Å². The van der Waals surface area contributed by atoms with Crippen LogP contribution < -0.4 is 4.74 Å². The molecular formula is C23H35NO3. The monoisotopic (exact) mass is 373 g/mol. The van der Waals surface area contributed by atoms with Gasteiger partial charge in [0, 0.05) is 16.6 Å². The normalized spacial score (nSPS) is 23.9. The van der Waals surface area contributed by atoms with E-state index < -0.39 is 5.97 Å². The molecule has 1 aliphatic carbocycles. The van der Waals surface area contributed by atoms with Crippen molar-refractivity contribution >= 4 is 5.97 Å². The van der Waals surface area contributed by atoms with Gasteiger partial charge in [0.25, 0.3) is 0 Å². The second-order valence-electron chi connectivity index (χ2n) is 9.69. The lowest BCUT2D eigenvalue weighted by Crippen LogP contribution is -2.58. The average Bonchev–Trinajstić information content (AvgIpc) is 2.59. The summed E-state index contributed by atoms with van der Waals surface area (Å²) < 4.78 is 6.42. The molecule has 0 unspecified atom stereocenters. The fourth-order valence-corrected chi connectivity index (χ4v) is 5.19. The number of carboxylic acid groups (broad SMARTS) is 1. The van der Waals surface area contributed by atoms with Crippen molar-refractivity contribution in [3.05, 3.63) is 29.3 Å². The quantitative estimate of drug-likeness (QED) is 0.761. The topological polar surface area (TPSA) is 49.8 Å². The molecule has 0 amide bonds. The number of aromatic carboxylic acids is 1. The molecule has 1 N–H and O–H groups in total. The molecule has 1 aromatic rings. The molecule has 0 bridgehead atoms. The van der Waals surface area contributed by atoms with Crippen molar-refractivity contribution in [2.24, 2.45) is 0 Å². The minimum absolute atomic E-state index is 0.000139. The van der Waals surface area contributed by atoms with Crippen molar-refractivity contribution in [2.75, 3.05) is 7.05 Å². The number of rotatable bonds is 4. The number of nitrogens with zero attached hydrogens (tertiary/aromatic N) is 1. The molecule has 0 atom stereocenters. The second kappa shape index (κ2) is 7.46. The molecule has 1 saturated heterocycles. The molecular weight excluding hydrogens is 338 g/mol. The van der Waals surface area contributed by atoms with Gasteiger partial charge in [0.05, 0.1) is 11.7 Å². The first-order valence-corrected chi connectivity index (χ1v) is 10.4. The maximum atomic E-state index is 12.0. The predicted octanol–water partition coefficient (Wildman–Crippen LogP) is 5.46. The Morgan fingerprint density at radius 3 is 2.22 bits per heavy atom. The number of ether oxygens (including phenoxy) is 1. The molecule has 0 radical (unpaired) electrons. The van der Waals surface area contributed by atoms with E-state index in [9.17, 15) is 9.90 Å². The van der Waals surface area contributed by atoms with Crippen LogP contribution in [0, 0.1) is 0 Å². The molecule has 4 heteroatoms.